The van der Waals surface area contributed by atoms with Gasteiger partial charge in [-0.05, 0) is 30.5 Å². The predicted octanol–water partition coefficient (Wildman–Crippen LogP) is 1.59. The van der Waals surface area contributed by atoms with E-state index in [-0.39, 0.29) is 11.9 Å². The Morgan fingerprint density at radius 1 is 1.33 bits per heavy atom. The van der Waals surface area contributed by atoms with E-state index < -0.39 is 0 Å². The van der Waals surface area contributed by atoms with E-state index in [9.17, 15) is 4.79 Å². The van der Waals surface area contributed by atoms with Gasteiger partial charge < -0.3 is 9.64 Å². The Bertz CT molecular complexity index is 874. The first-order chi connectivity index (χ1) is 11.7. The van der Waals surface area contributed by atoms with Crippen molar-refractivity contribution >= 4 is 11.6 Å². The summed E-state index contributed by atoms with van der Waals surface area (Å²) in [6, 6.07) is 8.19. The highest BCUT2D eigenvalue weighted by atomic mass is 16.5. The molecular weight excluding hydrogens is 306 g/mol. The van der Waals surface area contributed by atoms with Crippen molar-refractivity contribution in [3.8, 4) is 5.75 Å². The van der Waals surface area contributed by atoms with Crippen molar-refractivity contribution in [3.05, 3.63) is 54.2 Å². The van der Waals surface area contributed by atoms with Crippen LogP contribution in [0.5, 0.6) is 5.75 Å². The molecule has 4 rings (SSSR count). The molecule has 0 N–H and O–H groups in total. The summed E-state index contributed by atoms with van der Waals surface area (Å²) < 4.78 is 6.88. The number of likely N-dealkylation sites (tertiary alicyclic amines) is 1. The zero-order valence-electron chi connectivity index (χ0n) is 13.3. The first-order valence-electron chi connectivity index (χ1n) is 7.84. The zero-order chi connectivity index (χ0) is 16.5. The number of rotatable bonds is 4. The van der Waals surface area contributed by atoms with E-state index in [2.05, 4.69) is 15.2 Å². The number of aromatic nitrogens is 4. The predicted molar refractivity (Wildman–Crippen MR) is 86.9 cm³/mol. The summed E-state index contributed by atoms with van der Waals surface area (Å²) in [5.41, 5.74) is 2.24. The number of methoxy groups -OCH3 is 1. The first-order valence-corrected chi connectivity index (χ1v) is 7.84. The summed E-state index contributed by atoms with van der Waals surface area (Å²) in [6.45, 7) is 0.765. The molecule has 1 aliphatic heterocycles. The molecule has 0 aliphatic carbocycles. The molecule has 122 valence electrons. The van der Waals surface area contributed by atoms with Gasteiger partial charge in [0, 0.05) is 18.8 Å². The monoisotopic (exact) mass is 323 g/mol. The highest BCUT2D eigenvalue weighted by molar-refractivity contribution is 5.93. The van der Waals surface area contributed by atoms with Crippen LogP contribution < -0.4 is 4.74 Å². The molecule has 1 atom stereocenters. The minimum absolute atomic E-state index is 0.0460. The van der Waals surface area contributed by atoms with Crippen molar-refractivity contribution in [2.24, 2.45) is 0 Å². The van der Waals surface area contributed by atoms with E-state index in [1.165, 1.54) is 5.56 Å². The third-order valence-electron chi connectivity index (χ3n) is 4.44. The van der Waals surface area contributed by atoms with E-state index in [4.69, 9.17) is 4.74 Å². The number of hydrogen-bond acceptors (Lipinski definition) is 5. The van der Waals surface area contributed by atoms with Crippen LogP contribution in [0.2, 0.25) is 0 Å². The molecule has 1 aliphatic rings. The van der Waals surface area contributed by atoms with Crippen molar-refractivity contribution in [2.75, 3.05) is 13.7 Å². The molecule has 3 heterocycles. The number of carbonyl (C=O) groups excluding carboxylic acids is 1. The maximum atomic E-state index is 12.7. The van der Waals surface area contributed by atoms with Crippen molar-refractivity contribution < 1.29 is 9.53 Å². The van der Waals surface area contributed by atoms with E-state index in [0.717, 1.165) is 25.1 Å². The number of amides is 1. The zero-order valence-corrected chi connectivity index (χ0v) is 13.3. The van der Waals surface area contributed by atoms with Crippen molar-refractivity contribution in [1.82, 2.24) is 24.5 Å². The average Bonchev–Trinajstić information content (AvgIpc) is 3.06. The van der Waals surface area contributed by atoms with Crippen LogP contribution in [0.25, 0.3) is 5.65 Å². The maximum absolute atomic E-state index is 12.7. The molecule has 1 unspecified atom stereocenters. The third kappa shape index (κ3) is 2.58. The lowest BCUT2D eigenvalue weighted by Crippen LogP contribution is -2.52. The van der Waals surface area contributed by atoms with Crippen molar-refractivity contribution in [1.29, 1.82) is 0 Å². The van der Waals surface area contributed by atoms with E-state index in [1.54, 1.807) is 30.2 Å². The summed E-state index contributed by atoms with van der Waals surface area (Å²) >= 11 is 0. The van der Waals surface area contributed by atoms with Gasteiger partial charge in [0.2, 0.25) is 0 Å². The van der Waals surface area contributed by atoms with Gasteiger partial charge in [0.15, 0.2) is 5.65 Å². The van der Waals surface area contributed by atoms with Gasteiger partial charge in [0.05, 0.1) is 13.3 Å². The maximum Gasteiger partial charge on any atom is 0.274 e. The van der Waals surface area contributed by atoms with E-state index >= 15 is 0 Å². The molecule has 24 heavy (non-hydrogen) atoms. The van der Waals surface area contributed by atoms with Crippen molar-refractivity contribution in [2.45, 2.75) is 18.9 Å². The van der Waals surface area contributed by atoms with Gasteiger partial charge in [-0.15, -0.1) is 10.2 Å². The number of fused-ring (bicyclic) bond motifs is 1. The Kier molecular flexibility index (Phi) is 3.60. The molecule has 0 bridgehead atoms. The average molecular weight is 323 g/mol. The topological polar surface area (TPSA) is 72.6 Å². The molecule has 3 aromatic rings. The minimum Gasteiger partial charge on any atom is -0.497 e. The Labute approximate surface area is 138 Å². The van der Waals surface area contributed by atoms with Gasteiger partial charge in [-0.25, -0.2) is 4.98 Å². The largest absolute Gasteiger partial charge is 0.497 e. The number of carbonyl (C=O) groups is 1. The van der Waals surface area contributed by atoms with Crippen LogP contribution >= 0.6 is 0 Å². The third-order valence-corrected chi connectivity index (χ3v) is 4.44. The molecule has 1 fully saturated rings. The van der Waals surface area contributed by atoms with Crippen LogP contribution in [-0.2, 0) is 6.42 Å². The number of hydrogen-bond donors (Lipinski definition) is 0. The standard InChI is InChI=1S/C17H17N5O2/c1-24-14-4-2-12(3-5-14)8-13-6-7-22(13)17(23)15-10-21-11-19-20-16(21)9-18-15/h2-5,9-11,13H,6-8H2,1H3. The van der Waals surface area contributed by atoms with Crippen LogP contribution in [0.4, 0.5) is 0 Å². The second kappa shape index (κ2) is 5.92. The highest BCUT2D eigenvalue weighted by Gasteiger charge is 2.33. The summed E-state index contributed by atoms with van der Waals surface area (Å²) in [5.74, 6) is 0.794. The Hall–Kier alpha value is -2.96. The van der Waals surface area contributed by atoms with Crippen LogP contribution in [-0.4, -0.2) is 50.1 Å². The molecule has 1 aromatic carbocycles. The van der Waals surface area contributed by atoms with E-state index in [1.807, 2.05) is 29.2 Å². The number of ether oxygens (including phenoxy) is 1. The molecule has 1 amide bonds. The number of benzene rings is 1. The summed E-state index contributed by atoms with van der Waals surface area (Å²) in [5, 5.41) is 7.70. The van der Waals surface area contributed by atoms with E-state index in [0.29, 0.717) is 11.3 Å². The van der Waals surface area contributed by atoms with Gasteiger partial charge in [-0.2, -0.15) is 0 Å². The second-order valence-corrected chi connectivity index (χ2v) is 5.86. The Morgan fingerprint density at radius 3 is 2.88 bits per heavy atom. The molecule has 7 nitrogen and oxygen atoms in total. The quantitative estimate of drug-likeness (QED) is 0.729. The molecule has 2 aromatic heterocycles. The summed E-state index contributed by atoms with van der Waals surface area (Å²) in [4.78, 5) is 18.8. The highest BCUT2D eigenvalue weighted by Crippen LogP contribution is 2.24. The van der Waals surface area contributed by atoms with Crippen LogP contribution in [0.1, 0.15) is 22.5 Å². The van der Waals surface area contributed by atoms with Gasteiger partial charge in [-0.1, -0.05) is 12.1 Å². The molecular formula is C17H17N5O2. The molecule has 0 saturated carbocycles. The lowest BCUT2D eigenvalue weighted by Gasteiger charge is -2.41. The normalized spacial score (nSPS) is 16.9. The van der Waals surface area contributed by atoms with Crippen LogP contribution in [0.3, 0.4) is 0 Å². The summed E-state index contributed by atoms with van der Waals surface area (Å²) in [7, 11) is 1.65. The smallest absolute Gasteiger partial charge is 0.274 e. The molecule has 1 saturated heterocycles. The Balaban J connectivity index is 1.48. The van der Waals surface area contributed by atoms with Gasteiger partial charge in [0.25, 0.3) is 5.91 Å². The minimum atomic E-state index is -0.0460. The van der Waals surface area contributed by atoms with Gasteiger partial charge in [0.1, 0.15) is 17.8 Å². The lowest BCUT2D eigenvalue weighted by molar-refractivity contribution is 0.0458. The fourth-order valence-electron chi connectivity index (χ4n) is 2.95. The van der Waals surface area contributed by atoms with Crippen LogP contribution in [0.15, 0.2) is 43.0 Å². The second-order valence-electron chi connectivity index (χ2n) is 5.86. The SMILES string of the molecule is COc1ccc(CC2CCN2C(=O)c2cn3cnnc3cn2)cc1. The van der Waals surface area contributed by atoms with Gasteiger partial charge >= 0.3 is 0 Å². The van der Waals surface area contributed by atoms with Gasteiger partial charge in [-0.3, -0.25) is 9.20 Å². The lowest BCUT2D eigenvalue weighted by atomic mass is 9.94. The molecule has 7 heteroatoms. The van der Waals surface area contributed by atoms with Crippen LogP contribution in [0, 0.1) is 0 Å². The fourth-order valence-corrected chi connectivity index (χ4v) is 2.95. The number of nitrogens with zero attached hydrogens (tertiary/aromatic N) is 5. The summed E-state index contributed by atoms with van der Waals surface area (Å²) in [6.07, 6.45) is 6.66. The Morgan fingerprint density at radius 2 is 2.17 bits per heavy atom. The van der Waals surface area contributed by atoms with Crippen molar-refractivity contribution in [3.63, 3.8) is 0 Å². The first kappa shape index (κ1) is 14.6. The molecule has 0 spiro atoms. The molecule has 0 radical (unpaired) electrons. The fraction of sp³-hybridized carbons (Fsp3) is 0.294.